The Morgan fingerprint density at radius 1 is 1.00 bits per heavy atom. The molecule has 0 fully saturated rings. The van der Waals surface area contributed by atoms with E-state index < -0.39 is 18.0 Å². The van der Waals surface area contributed by atoms with Gasteiger partial charge in [0.2, 0.25) is 5.78 Å². The molecule has 0 aliphatic rings. The van der Waals surface area contributed by atoms with E-state index in [1.165, 1.54) is 14.0 Å². The molecule has 0 radical (unpaired) electrons. The van der Waals surface area contributed by atoms with E-state index in [-0.39, 0.29) is 12.3 Å². The largest absolute Gasteiger partial charge is 0.497 e. The van der Waals surface area contributed by atoms with Crippen molar-refractivity contribution in [2.24, 2.45) is 0 Å². The van der Waals surface area contributed by atoms with E-state index in [4.69, 9.17) is 9.47 Å². The van der Waals surface area contributed by atoms with E-state index in [9.17, 15) is 14.4 Å². The van der Waals surface area contributed by atoms with E-state index in [1.54, 1.807) is 36.4 Å². The van der Waals surface area contributed by atoms with E-state index in [1.807, 2.05) is 19.9 Å². The summed E-state index contributed by atoms with van der Waals surface area (Å²) in [6.45, 7) is 5.05. The summed E-state index contributed by atoms with van der Waals surface area (Å²) in [5.74, 6) is -0.863. The Morgan fingerprint density at radius 2 is 1.74 bits per heavy atom. The average Bonchev–Trinajstić information content (AvgIpc) is 2.67. The van der Waals surface area contributed by atoms with Crippen molar-refractivity contribution in [3.63, 3.8) is 0 Å². The van der Waals surface area contributed by atoms with Crippen LogP contribution in [0.2, 0.25) is 0 Å². The summed E-state index contributed by atoms with van der Waals surface area (Å²) in [6.07, 6.45) is -0.937. The van der Waals surface area contributed by atoms with Crippen molar-refractivity contribution in [2.45, 2.75) is 26.9 Å². The van der Waals surface area contributed by atoms with Gasteiger partial charge in [0.05, 0.1) is 7.11 Å². The van der Waals surface area contributed by atoms with Crippen LogP contribution in [-0.2, 0) is 9.53 Å². The zero-order valence-corrected chi connectivity index (χ0v) is 15.9. The van der Waals surface area contributed by atoms with E-state index in [0.717, 1.165) is 11.1 Å². The standard InChI is InChI=1S/C21H23NO5/c1-13-8-9-16(10-14(13)2)20(24)15(3)27-19(23)12-22-21(25)17-6-5-7-18(11-17)26-4/h5-11,15H,12H2,1-4H3,(H,22,25)/t15-/m1/s1. The molecule has 2 aromatic carbocycles. The van der Waals surface area contributed by atoms with Gasteiger partial charge in [0, 0.05) is 11.1 Å². The molecule has 142 valence electrons. The first-order chi connectivity index (χ1) is 12.8. The minimum atomic E-state index is -0.937. The number of carbonyl (C=O) groups excluding carboxylic acids is 3. The second-order valence-electron chi connectivity index (χ2n) is 6.21. The van der Waals surface area contributed by atoms with Crippen LogP contribution in [0.1, 0.15) is 38.8 Å². The molecule has 0 saturated carbocycles. The fourth-order valence-corrected chi connectivity index (χ4v) is 2.44. The van der Waals surface area contributed by atoms with Gasteiger partial charge in [0.25, 0.3) is 5.91 Å². The number of methoxy groups -OCH3 is 1. The second kappa shape index (κ2) is 8.98. The van der Waals surface area contributed by atoms with E-state index in [2.05, 4.69) is 5.32 Å². The van der Waals surface area contributed by atoms with Gasteiger partial charge in [-0.15, -0.1) is 0 Å². The number of hydrogen-bond acceptors (Lipinski definition) is 5. The number of ether oxygens (including phenoxy) is 2. The maximum atomic E-state index is 12.4. The highest BCUT2D eigenvalue weighted by Gasteiger charge is 2.20. The highest BCUT2D eigenvalue weighted by atomic mass is 16.5. The minimum absolute atomic E-state index is 0.287. The lowest BCUT2D eigenvalue weighted by Gasteiger charge is -2.13. The maximum absolute atomic E-state index is 12.4. The summed E-state index contributed by atoms with van der Waals surface area (Å²) in [6, 6.07) is 11.9. The molecule has 1 N–H and O–H groups in total. The first kappa shape index (κ1) is 20.2. The molecule has 0 bridgehead atoms. The van der Waals surface area contributed by atoms with Crippen molar-refractivity contribution < 1.29 is 23.9 Å². The van der Waals surface area contributed by atoms with Gasteiger partial charge >= 0.3 is 5.97 Å². The molecule has 0 aliphatic heterocycles. The number of hydrogen-bond donors (Lipinski definition) is 1. The summed E-state index contributed by atoms with van der Waals surface area (Å²) in [5.41, 5.74) is 2.92. The van der Waals surface area contributed by atoms with Crippen LogP contribution in [0.4, 0.5) is 0 Å². The number of benzene rings is 2. The Kier molecular flexibility index (Phi) is 6.71. The molecule has 1 atom stereocenters. The third kappa shape index (κ3) is 5.41. The van der Waals surface area contributed by atoms with Gasteiger partial charge in [-0.1, -0.05) is 18.2 Å². The Labute approximate surface area is 158 Å². The lowest BCUT2D eigenvalue weighted by atomic mass is 10.0. The number of nitrogens with one attached hydrogen (secondary N) is 1. The van der Waals surface area contributed by atoms with Crippen LogP contribution >= 0.6 is 0 Å². The molecule has 6 nitrogen and oxygen atoms in total. The molecule has 1 amide bonds. The minimum Gasteiger partial charge on any atom is -0.497 e. The first-order valence-electron chi connectivity index (χ1n) is 8.55. The van der Waals surface area contributed by atoms with E-state index >= 15 is 0 Å². The summed E-state index contributed by atoms with van der Waals surface area (Å²) < 4.78 is 10.2. The summed E-state index contributed by atoms with van der Waals surface area (Å²) in [7, 11) is 1.50. The first-order valence-corrected chi connectivity index (χ1v) is 8.55. The average molecular weight is 369 g/mol. The van der Waals surface area contributed by atoms with E-state index in [0.29, 0.717) is 16.9 Å². The zero-order valence-electron chi connectivity index (χ0n) is 15.9. The normalized spacial score (nSPS) is 11.4. The van der Waals surface area contributed by atoms with Crippen molar-refractivity contribution in [2.75, 3.05) is 13.7 Å². The highest BCUT2D eigenvalue weighted by molar-refractivity contribution is 6.01. The predicted molar refractivity (Wildman–Crippen MR) is 101 cm³/mol. The van der Waals surface area contributed by atoms with Crippen LogP contribution < -0.4 is 10.1 Å². The molecule has 0 heterocycles. The van der Waals surface area contributed by atoms with Gasteiger partial charge in [-0.2, -0.15) is 0 Å². The van der Waals surface area contributed by atoms with Gasteiger partial charge in [-0.3, -0.25) is 14.4 Å². The number of rotatable bonds is 7. The lowest BCUT2D eigenvalue weighted by Crippen LogP contribution is -2.34. The summed E-state index contributed by atoms with van der Waals surface area (Å²) in [4.78, 5) is 36.4. The van der Waals surface area contributed by atoms with Crippen LogP contribution in [0.15, 0.2) is 42.5 Å². The Bertz CT molecular complexity index is 859. The summed E-state index contributed by atoms with van der Waals surface area (Å²) in [5, 5.41) is 2.47. The second-order valence-corrected chi connectivity index (χ2v) is 6.21. The van der Waals surface area contributed by atoms with Gasteiger partial charge in [-0.25, -0.2) is 0 Å². The quantitative estimate of drug-likeness (QED) is 0.599. The monoisotopic (exact) mass is 369 g/mol. The van der Waals surface area contributed by atoms with Gasteiger partial charge in [-0.05, 0) is 56.2 Å². The van der Waals surface area contributed by atoms with Crippen molar-refractivity contribution in [1.29, 1.82) is 0 Å². The molecule has 0 aliphatic carbocycles. The van der Waals surface area contributed by atoms with Crippen LogP contribution in [0.25, 0.3) is 0 Å². The molecular formula is C21H23NO5. The number of aryl methyl sites for hydroxylation is 2. The van der Waals surface area contributed by atoms with Crippen molar-refractivity contribution in [3.8, 4) is 5.75 Å². The predicted octanol–water partition coefficient (Wildman–Crippen LogP) is 2.86. The number of amides is 1. The maximum Gasteiger partial charge on any atom is 0.326 e. The van der Waals surface area contributed by atoms with Gasteiger partial charge in [0.15, 0.2) is 6.10 Å². The number of ketones is 1. The van der Waals surface area contributed by atoms with Gasteiger partial charge in [0.1, 0.15) is 12.3 Å². The fraction of sp³-hybridized carbons (Fsp3) is 0.286. The molecule has 0 aromatic heterocycles. The van der Waals surface area contributed by atoms with Crippen molar-refractivity contribution in [3.05, 3.63) is 64.7 Å². The highest BCUT2D eigenvalue weighted by Crippen LogP contribution is 2.14. The number of carbonyl (C=O) groups is 3. The molecule has 0 unspecified atom stereocenters. The van der Waals surface area contributed by atoms with Crippen LogP contribution in [-0.4, -0.2) is 37.4 Å². The van der Waals surface area contributed by atoms with Crippen molar-refractivity contribution in [1.82, 2.24) is 5.32 Å². The third-order valence-corrected chi connectivity index (χ3v) is 4.19. The molecular weight excluding hydrogens is 346 g/mol. The lowest BCUT2D eigenvalue weighted by molar-refractivity contribution is -0.145. The Morgan fingerprint density at radius 3 is 2.41 bits per heavy atom. The van der Waals surface area contributed by atoms with Crippen LogP contribution in [0, 0.1) is 13.8 Å². The molecule has 0 saturated heterocycles. The van der Waals surface area contributed by atoms with Crippen LogP contribution in [0.5, 0.6) is 5.75 Å². The smallest absolute Gasteiger partial charge is 0.326 e. The Balaban J connectivity index is 1.89. The Hall–Kier alpha value is -3.15. The number of esters is 1. The molecule has 2 rings (SSSR count). The van der Waals surface area contributed by atoms with Crippen LogP contribution in [0.3, 0.4) is 0 Å². The molecule has 27 heavy (non-hydrogen) atoms. The zero-order chi connectivity index (χ0) is 20.0. The topological polar surface area (TPSA) is 81.7 Å². The molecule has 2 aromatic rings. The molecule has 0 spiro atoms. The third-order valence-electron chi connectivity index (χ3n) is 4.19. The van der Waals surface area contributed by atoms with Crippen molar-refractivity contribution >= 4 is 17.7 Å². The molecule has 6 heteroatoms. The fourth-order valence-electron chi connectivity index (χ4n) is 2.44. The SMILES string of the molecule is COc1cccc(C(=O)NCC(=O)O[C@H](C)C(=O)c2ccc(C)c(C)c2)c1. The van der Waals surface area contributed by atoms with Gasteiger partial charge < -0.3 is 14.8 Å². The number of Topliss-reactive ketones (excluding diaryl/α,β-unsaturated/α-hetero) is 1. The summed E-state index contributed by atoms with van der Waals surface area (Å²) >= 11 is 0.